The molecule has 0 aromatic carbocycles. The molecule has 86 valence electrons. The molecule has 1 N–H and O–H groups in total. The molecule has 0 saturated carbocycles. The molecule has 0 saturated heterocycles. The van der Waals surface area contributed by atoms with Gasteiger partial charge in [-0.25, -0.2) is 0 Å². The lowest BCUT2D eigenvalue weighted by atomic mass is 10.1. The highest BCUT2D eigenvalue weighted by atomic mass is 35.5. The van der Waals surface area contributed by atoms with Crippen molar-refractivity contribution >= 4 is 11.6 Å². The molecule has 0 aliphatic rings. The molecule has 2 rings (SSSR count). The molecule has 2 heterocycles. The third-order valence-corrected chi connectivity index (χ3v) is 2.56. The summed E-state index contributed by atoms with van der Waals surface area (Å²) in [6, 6.07) is 5.55. The topological polar surface area (TPSA) is 38.3 Å². The van der Waals surface area contributed by atoms with Crippen molar-refractivity contribution in [2.75, 3.05) is 6.54 Å². The second-order valence-corrected chi connectivity index (χ2v) is 3.96. The van der Waals surface area contributed by atoms with E-state index in [0.717, 1.165) is 24.3 Å². The molecule has 0 aliphatic carbocycles. The van der Waals surface area contributed by atoms with Crippen molar-refractivity contribution in [3.8, 4) is 0 Å². The van der Waals surface area contributed by atoms with Crippen LogP contribution in [0.3, 0.4) is 0 Å². The minimum Gasteiger partial charge on any atom is -0.472 e. The number of hydrogen-bond acceptors (Lipinski definition) is 3. The molecular weight excluding hydrogens is 226 g/mol. The van der Waals surface area contributed by atoms with Crippen molar-refractivity contribution in [2.45, 2.75) is 19.4 Å². The SMILES string of the molecule is CCCNC(c1ccoc1)c1ccc(Cl)o1. The molecule has 0 bridgehead atoms. The van der Waals surface area contributed by atoms with Gasteiger partial charge in [0.05, 0.1) is 18.6 Å². The second kappa shape index (κ2) is 5.23. The number of hydrogen-bond donors (Lipinski definition) is 1. The third kappa shape index (κ3) is 2.49. The van der Waals surface area contributed by atoms with E-state index in [1.165, 1.54) is 0 Å². The van der Waals surface area contributed by atoms with Crippen molar-refractivity contribution in [3.05, 3.63) is 47.3 Å². The van der Waals surface area contributed by atoms with Gasteiger partial charge in [0.2, 0.25) is 0 Å². The van der Waals surface area contributed by atoms with Gasteiger partial charge in [-0.1, -0.05) is 6.92 Å². The van der Waals surface area contributed by atoms with Crippen LogP contribution in [-0.4, -0.2) is 6.54 Å². The van der Waals surface area contributed by atoms with Crippen LogP contribution in [0.25, 0.3) is 0 Å². The molecule has 3 nitrogen and oxygen atoms in total. The lowest BCUT2D eigenvalue weighted by Crippen LogP contribution is -2.22. The normalized spacial score (nSPS) is 12.9. The first-order valence-electron chi connectivity index (χ1n) is 5.32. The van der Waals surface area contributed by atoms with Crippen molar-refractivity contribution < 1.29 is 8.83 Å². The van der Waals surface area contributed by atoms with Crippen LogP contribution in [0.4, 0.5) is 0 Å². The van der Waals surface area contributed by atoms with Gasteiger partial charge in [0.1, 0.15) is 5.76 Å². The zero-order chi connectivity index (χ0) is 11.4. The van der Waals surface area contributed by atoms with Crippen LogP contribution in [0.1, 0.15) is 30.7 Å². The standard InChI is InChI=1S/C12H14ClNO2/c1-2-6-14-12(9-5-7-15-8-9)10-3-4-11(13)16-10/h3-5,7-8,12,14H,2,6H2,1H3. The maximum absolute atomic E-state index is 5.78. The van der Waals surface area contributed by atoms with Crippen molar-refractivity contribution in [3.63, 3.8) is 0 Å². The molecule has 2 aromatic rings. The van der Waals surface area contributed by atoms with Gasteiger partial charge in [0.15, 0.2) is 5.22 Å². The number of rotatable bonds is 5. The Balaban J connectivity index is 2.21. The highest BCUT2D eigenvalue weighted by Gasteiger charge is 2.17. The zero-order valence-corrected chi connectivity index (χ0v) is 9.83. The summed E-state index contributed by atoms with van der Waals surface area (Å²) in [6.45, 7) is 3.03. The van der Waals surface area contributed by atoms with Crippen molar-refractivity contribution in [1.82, 2.24) is 5.32 Å². The van der Waals surface area contributed by atoms with Crippen LogP contribution in [0.5, 0.6) is 0 Å². The van der Waals surface area contributed by atoms with Gasteiger partial charge in [-0.3, -0.25) is 0 Å². The summed E-state index contributed by atoms with van der Waals surface area (Å²) in [6.07, 6.45) is 4.42. The molecule has 0 spiro atoms. The quantitative estimate of drug-likeness (QED) is 0.866. The average molecular weight is 240 g/mol. The molecule has 0 aliphatic heterocycles. The molecule has 16 heavy (non-hydrogen) atoms. The van der Waals surface area contributed by atoms with Gasteiger partial charge in [-0.2, -0.15) is 0 Å². The third-order valence-electron chi connectivity index (χ3n) is 2.35. The van der Waals surface area contributed by atoms with Crippen LogP contribution in [0.15, 0.2) is 39.6 Å². The predicted octanol–water partition coefficient (Wildman–Crippen LogP) is 3.62. The molecule has 0 fully saturated rings. The maximum atomic E-state index is 5.78. The summed E-state index contributed by atoms with van der Waals surface area (Å²) in [4.78, 5) is 0. The van der Waals surface area contributed by atoms with Gasteiger partial charge in [-0.15, -0.1) is 0 Å². The summed E-state index contributed by atoms with van der Waals surface area (Å²) in [5.41, 5.74) is 1.04. The molecule has 0 amide bonds. The smallest absolute Gasteiger partial charge is 0.193 e. The van der Waals surface area contributed by atoms with E-state index in [1.807, 2.05) is 12.1 Å². The fourth-order valence-corrected chi connectivity index (χ4v) is 1.75. The van der Waals surface area contributed by atoms with Gasteiger partial charge in [0, 0.05) is 5.56 Å². The molecule has 1 atom stereocenters. The van der Waals surface area contributed by atoms with E-state index >= 15 is 0 Å². The molecule has 4 heteroatoms. The lowest BCUT2D eigenvalue weighted by Gasteiger charge is -2.14. The van der Waals surface area contributed by atoms with E-state index < -0.39 is 0 Å². The summed E-state index contributed by atoms with van der Waals surface area (Å²) in [5, 5.41) is 3.79. The van der Waals surface area contributed by atoms with Gasteiger partial charge in [0.25, 0.3) is 0 Å². The Morgan fingerprint density at radius 3 is 2.81 bits per heavy atom. The highest BCUT2D eigenvalue weighted by Crippen LogP contribution is 2.26. The summed E-state index contributed by atoms with van der Waals surface area (Å²) in [7, 11) is 0. The Morgan fingerprint density at radius 1 is 1.38 bits per heavy atom. The van der Waals surface area contributed by atoms with E-state index in [4.69, 9.17) is 20.4 Å². The number of halogens is 1. The first kappa shape index (κ1) is 11.3. The van der Waals surface area contributed by atoms with E-state index in [9.17, 15) is 0 Å². The fourth-order valence-electron chi connectivity index (χ4n) is 1.59. The number of nitrogens with one attached hydrogen (secondary N) is 1. The van der Waals surface area contributed by atoms with Gasteiger partial charge in [-0.05, 0) is 42.8 Å². The Labute approximate surface area is 99.4 Å². The summed E-state index contributed by atoms with van der Waals surface area (Å²) < 4.78 is 10.5. The van der Waals surface area contributed by atoms with Crippen LogP contribution >= 0.6 is 11.6 Å². The zero-order valence-electron chi connectivity index (χ0n) is 9.07. The maximum Gasteiger partial charge on any atom is 0.193 e. The minimum absolute atomic E-state index is 0.00574. The monoisotopic (exact) mass is 239 g/mol. The van der Waals surface area contributed by atoms with Crippen LogP contribution in [0.2, 0.25) is 5.22 Å². The van der Waals surface area contributed by atoms with Crippen LogP contribution < -0.4 is 5.32 Å². The molecule has 1 unspecified atom stereocenters. The van der Waals surface area contributed by atoms with Crippen molar-refractivity contribution in [2.24, 2.45) is 0 Å². The summed E-state index contributed by atoms with van der Waals surface area (Å²) in [5.74, 6) is 0.805. The predicted molar refractivity (Wildman–Crippen MR) is 62.6 cm³/mol. The average Bonchev–Trinajstić information content (AvgIpc) is 2.91. The molecular formula is C12H14ClNO2. The van der Waals surface area contributed by atoms with Gasteiger partial charge < -0.3 is 14.2 Å². The summed E-state index contributed by atoms with van der Waals surface area (Å²) >= 11 is 5.78. The largest absolute Gasteiger partial charge is 0.472 e. The Bertz CT molecular complexity index is 422. The Hall–Kier alpha value is -1.19. The number of furan rings is 2. The first-order valence-corrected chi connectivity index (χ1v) is 5.69. The van der Waals surface area contributed by atoms with Gasteiger partial charge >= 0.3 is 0 Å². The van der Waals surface area contributed by atoms with Crippen LogP contribution in [0, 0.1) is 0 Å². The van der Waals surface area contributed by atoms with E-state index in [2.05, 4.69) is 12.2 Å². The van der Waals surface area contributed by atoms with E-state index in [1.54, 1.807) is 18.6 Å². The van der Waals surface area contributed by atoms with E-state index in [0.29, 0.717) is 5.22 Å². The fraction of sp³-hybridized carbons (Fsp3) is 0.333. The Morgan fingerprint density at radius 2 is 2.25 bits per heavy atom. The molecule has 2 aromatic heterocycles. The first-order chi connectivity index (χ1) is 7.81. The lowest BCUT2D eigenvalue weighted by molar-refractivity contribution is 0.444. The highest BCUT2D eigenvalue weighted by molar-refractivity contribution is 6.28. The second-order valence-electron chi connectivity index (χ2n) is 3.59. The van der Waals surface area contributed by atoms with E-state index in [-0.39, 0.29) is 6.04 Å². The molecule has 0 radical (unpaired) electrons. The minimum atomic E-state index is 0.00574. The van der Waals surface area contributed by atoms with Crippen molar-refractivity contribution in [1.29, 1.82) is 0 Å². The van der Waals surface area contributed by atoms with Crippen LogP contribution in [-0.2, 0) is 0 Å². The Kier molecular flexibility index (Phi) is 3.70.